The molecule has 7 heteroatoms. The first-order valence-corrected chi connectivity index (χ1v) is 5.69. The second-order valence-electron chi connectivity index (χ2n) is 4.08. The van der Waals surface area contributed by atoms with E-state index in [1.807, 2.05) is 0 Å². The number of phenolic OH excluding ortho intramolecular Hbond substituents is 3. The van der Waals surface area contributed by atoms with E-state index in [2.05, 4.69) is 0 Å². The molecule has 0 bridgehead atoms. The van der Waals surface area contributed by atoms with Crippen LogP contribution in [0.3, 0.4) is 0 Å². The molecule has 0 aliphatic rings. The molecule has 0 atom stereocenters. The Bertz CT molecular complexity index is 721. The Kier molecular flexibility index (Phi) is 3.66. The van der Waals surface area contributed by atoms with Gasteiger partial charge in [-0.25, -0.2) is 9.59 Å². The van der Waals surface area contributed by atoms with Crippen molar-refractivity contribution < 1.29 is 34.8 Å². The number of phenols is 3. The van der Waals surface area contributed by atoms with Crippen LogP contribution in [-0.4, -0.2) is 32.4 Å². The largest absolute Gasteiger partial charge is 0.508 e. The zero-order chi connectivity index (χ0) is 15.6. The van der Waals surface area contributed by atoms with Crippen molar-refractivity contribution in [2.45, 2.75) is 0 Å². The molecule has 0 fully saturated rings. The van der Waals surface area contributed by atoms with Crippen molar-refractivity contribution in [3.63, 3.8) is 0 Å². The van der Waals surface area contributed by atoms with E-state index in [4.69, 9.17) is 9.84 Å². The number of carbonyl (C=O) groups excluding carboxylic acids is 1. The minimum Gasteiger partial charge on any atom is -0.508 e. The van der Waals surface area contributed by atoms with Crippen molar-refractivity contribution >= 4 is 11.9 Å². The second kappa shape index (κ2) is 5.41. The first-order valence-electron chi connectivity index (χ1n) is 5.69. The van der Waals surface area contributed by atoms with E-state index in [1.54, 1.807) is 0 Å². The van der Waals surface area contributed by atoms with Gasteiger partial charge in [0.2, 0.25) is 0 Å². The minimum absolute atomic E-state index is 0.260. The van der Waals surface area contributed by atoms with Gasteiger partial charge in [-0.15, -0.1) is 0 Å². The molecule has 0 amide bonds. The van der Waals surface area contributed by atoms with Crippen molar-refractivity contribution in [1.29, 1.82) is 0 Å². The smallest absolute Gasteiger partial charge is 0.347 e. The molecule has 0 spiro atoms. The average molecular weight is 290 g/mol. The number of carboxylic acid groups (broad SMARTS) is 1. The van der Waals surface area contributed by atoms with E-state index in [0.29, 0.717) is 0 Å². The van der Waals surface area contributed by atoms with E-state index in [0.717, 1.165) is 30.3 Å². The van der Waals surface area contributed by atoms with Crippen molar-refractivity contribution in [3.05, 3.63) is 47.5 Å². The van der Waals surface area contributed by atoms with Crippen LogP contribution in [0.15, 0.2) is 36.4 Å². The monoisotopic (exact) mass is 290 g/mol. The Balaban J connectivity index is 2.36. The summed E-state index contributed by atoms with van der Waals surface area (Å²) in [6, 6.07) is 6.44. The molecule has 0 saturated carbocycles. The van der Waals surface area contributed by atoms with Gasteiger partial charge in [-0.05, 0) is 36.4 Å². The zero-order valence-corrected chi connectivity index (χ0v) is 10.5. The molecule has 21 heavy (non-hydrogen) atoms. The molecule has 0 aromatic heterocycles. The van der Waals surface area contributed by atoms with Gasteiger partial charge in [-0.3, -0.25) is 0 Å². The van der Waals surface area contributed by atoms with E-state index < -0.39 is 23.3 Å². The molecule has 4 N–H and O–H groups in total. The highest BCUT2D eigenvalue weighted by Gasteiger charge is 2.19. The Hall–Kier alpha value is -3.22. The molecule has 0 aliphatic heterocycles. The van der Waals surface area contributed by atoms with Crippen molar-refractivity contribution in [2.75, 3.05) is 0 Å². The number of carbonyl (C=O) groups is 2. The summed E-state index contributed by atoms with van der Waals surface area (Å²) in [6.45, 7) is 0. The lowest BCUT2D eigenvalue weighted by Gasteiger charge is -2.09. The Morgan fingerprint density at radius 1 is 0.857 bits per heavy atom. The molecule has 0 aliphatic carbocycles. The summed E-state index contributed by atoms with van der Waals surface area (Å²) in [7, 11) is 0. The van der Waals surface area contributed by atoms with Gasteiger partial charge in [0, 0.05) is 0 Å². The van der Waals surface area contributed by atoms with Crippen molar-refractivity contribution in [3.8, 4) is 23.0 Å². The van der Waals surface area contributed by atoms with Crippen LogP contribution in [0.2, 0.25) is 0 Å². The second-order valence-corrected chi connectivity index (χ2v) is 4.08. The maximum Gasteiger partial charge on any atom is 0.347 e. The van der Waals surface area contributed by atoms with Gasteiger partial charge >= 0.3 is 11.9 Å². The lowest BCUT2D eigenvalue weighted by Crippen LogP contribution is -2.11. The van der Waals surface area contributed by atoms with Crippen molar-refractivity contribution in [1.82, 2.24) is 0 Å². The molecule has 2 aromatic rings. The van der Waals surface area contributed by atoms with Gasteiger partial charge in [0.1, 0.15) is 34.1 Å². The third-order valence-electron chi connectivity index (χ3n) is 2.60. The molecule has 0 heterocycles. The molecule has 2 rings (SSSR count). The average Bonchev–Trinajstić information content (AvgIpc) is 2.43. The van der Waals surface area contributed by atoms with Crippen LogP contribution in [0.25, 0.3) is 0 Å². The maximum atomic E-state index is 11.9. The highest BCUT2D eigenvalue weighted by molar-refractivity contribution is 5.97. The fraction of sp³-hybridized carbons (Fsp3) is 0. The molecular formula is C14H10O7. The number of hydrogen-bond acceptors (Lipinski definition) is 6. The van der Waals surface area contributed by atoms with Crippen LogP contribution in [0.5, 0.6) is 23.0 Å². The standard InChI is InChI=1S/C14H10O7/c15-7-1-3-11(17)9(5-7)14(20)21-12-4-2-8(16)6-10(12)13(18)19/h1-6,15-17H,(H,18,19). The summed E-state index contributed by atoms with van der Waals surface area (Å²) in [5.74, 6) is -3.72. The quantitative estimate of drug-likeness (QED) is 0.385. The van der Waals surface area contributed by atoms with Crippen LogP contribution in [0, 0.1) is 0 Å². The highest BCUT2D eigenvalue weighted by atomic mass is 16.5. The number of hydrogen-bond donors (Lipinski definition) is 4. The van der Waals surface area contributed by atoms with Crippen LogP contribution in [0.4, 0.5) is 0 Å². The lowest BCUT2D eigenvalue weighted by molar-refractivity contribution is 0.0680. The Morgan fingerprint density at radius 2 is 1.43 bits per heavy atom. The molecule has 0 unspecified atom stereocenters. The predicted molar refractivity (Wildman–Crippen MR) is 69.8 cm³/mol. The summed E-state index contributed by atoms with van der Waals surface area (Å²) in [6.07, 6.45) is 0. The third kappa shape index (κ3) is 3.03. The maximum absolute atomic E-state index is 11.9. The summed E-state index contributed by atoms with van der Waals surface area (Å²) >= 11 is 0. The first-order chi connectivity index (χ1) is 9.88. The molecule has 2 aromatic carbocycles. The third-order valence-corrected chi connectivity index (χ3v) is 2.60. The SMILES string of the molecule is O=C(Oc1ccc(O)cc1C(=O)O)c1cc(O)ccc1O. The van der Waals surface area contributed by atoms with Crippen LogP contribution >= 0.6 is 0 Å². The van der Waals surface area contributed by atoms with Gasteiger partial charge in [-0.1, -0.05) is 0 Å². The fourth-order valence-corrected chi connectivity index (χ4v) is 1.62. The number of aromatic carboxylic acids is 1. The summed E-state index contributed by atoms with van der Waals surface area (Å²) in [5, 5.41) is 37.0. The molecular weight excluding hydrogens is 280 g/mol. The van der Waals surface area contributed by atoms with Gasteiger partial charge in [0.05, 0.1) is 0 Å². The van der Waals surface area contributed by atoms with E-state index in [1.165, 1.54) is 6.07 Å². The van der Waals surface area contributed by atoms with Crippen LogP contribution < -0.4 is 4.74 Å². The van der Waals surface area contributed by atoms with Gasteiger partial charge in [0.15, 0.2) is 0 Å². The Morgan fingerprint density at radius 3 is 2.05 bits per heavy atom. The molecule has 108 valence electrons. The minimum atomic E-state index is -1.39. The summed E-state index contributed by atoms with van der Waals surface area (Å²) < 4.78 is 4.88. The zero-order valence-electron chi connectivity index (χ0n) is 10.5. The molecule has 7 nitrogen and oxygen atoms in total. The number of carboxylic acids is 1. The highest BCUT2D eigenvalue weighted by Crippen LogP contribution is 2.27. The number of esters is 1. The topological polar surface area (TPSA) is 124 Å². The first kappa shape index (κ1) is 14.2. The molecule has 0 radical (unpaired) electrons. The number of rotatable bonds is 3. The number of benzene rings is 2. The normalized spacial score (nSPS) is 10.1. The predicted octanol–water partition coefficient (Wildman–Crippen LogP) is 1.72. The number of ether oxygens (including phenoxy) is 1. The molecule has 0 saturated heterocycles. The summed E-state index contributed by atoms with van der Waals surface area (Å²) in [4.78, 5) is 22.9. The van der Waals surface area contributed by atoms with Gasteiger partial charge in [-0.2, -0.15) is 0 Å². The van der Waals surface area contributed by atoms with Gasteiger partial charge < -0.3 is 25.2 Å². The van der Waals surface area contributed by atoms with Crippen LogP contribution in [-0.2, 0) is 0 Å². The Labute approximate surface area is 118 Å². The van der Waals surface area contributed by atoms with Crippen LogP contribution in [0.1, 0.15) is 20.7 Å². The van der Waals surface area contributed by atoms with Crippen molar-refractivity contribution in [2.24, 2.45) is 0 Å². The van der Waals surface area contributed by atoms with E-state index >= 15 is 0 Å². The van der Waals surface area contributed by atoms with E-state index in [-0.39, 0.29) is 22.8 Å². The van der Waals surface area contributed by atoms with Gasteiger partial charge in [0.25, 0.3) is 0 Å². The summed E-state index contributed by atoms with van der Waals surface area (Å²) in [5.41, 5.74) is -0.734. The van der Waals surface area contributed by atoms with E-state index in [9.17, 15) is 24.9 Å². The fourth-order valence-electron chi connectivity index (χ4n) is 1.62. The number of aromatic hydroxyl groups is 3. The lowest BCUT2D eigenvalue weighted by atomic mass is 10.1.